The number of nitrogens with one attached hydrogen (secondary N) is 1. The van der Waals surface area contributed by atoms with E-state index in [4.69, 9.17) is 0 Å². The molecule has 2 heterocycles. The molecule has 0 atom stereocenters. The molecule has 20 heavy (non-hydrogen) atoms. The topological polar surface area (TPSA) is 58.1 Å². The van der Waals surface area contributed by atoms with Gasteiger partial charge in [-0.3, -0.25) is 4.79 Å². The molecule has 0 aliphatic carbocycles. The van der Waals surface area contributed by atoms with Crippen LogP contribution in [0.3, 0.4) is 0 Å². The first kappa shape index (κ1) is 12.6. The Balaban J connectivity index is 1.79. The minimum Gasteiger partial charge on any atom is -0.349 e. The molecular formula is C15H16N4O. The SMILES string of the molecule is Cc1cccc(Nc2cc(N3CCC(=O)C3)ncn2)c1. The van der Waals surface area contributed by atoms with Crippen LogP contribution in [0.5, 0.6) is 0 Å². The number of carbonyl (C=O) groups is 1. The van der Waals surface area contributed by atoms with Crippen molar-refractivity contribution in [2.75, 3.05) is 23.3 Å². The highest BCUT2D eigenvalue weighted by Gasteiger charge is 2.20. The van der Waals surface area contributed by atoms with E-state index >= 15 is 0 Å². The average Bonchev–Trinajstić information content (AvgIpc) is 2.86. The second-order valence-corrected chi connectivity index (χ2v) is 4.97. The molecule has 1 saturated heterocycles. The van der Waals surface area contributed by atoms with E-state index in [-0.39, 0.29) is 5.78 Å². The molecule has 2 aromatic rings. The van der Waals surface area contributed by atoms with E-state index in [1.807, 2.05) is 36.1 Å². The van der Waals surface area contributed by atoms with Crippen LogP contribution in [0.15, 0.2) is 36.7 Å². The number of Topliss-reactive ketones (excluding diaryl/α,β-unsaturated/α-hetero) is 1. The maximum Gasteiger partial charge on any atom is 0.153 e. The van der Waals surface area contributed by atoms with Crippen LogP contribution in [0.4, 0.5) is 17.3 Å². The van der Waals surface area contributed by atoms with Crippen molar-refractivity contribution in [2.45, 2.75) is 13.3 Å². The first-order valence-electron chi connectivity index (χ1n) is 6.63. The van der Waals surface area contributed by atoms with E-state index in [0.29, 0.717) is 13.0 Å². The molecule has 0 radical (unpaired) electrons. The standard InChI is InChI=1S/C15H16N4O/c1-11-3-2-4-12(7-11)18-14-8-15(17-10-16-14)19-6-5-13(20)9-19/h2-4,7-8,10H,5-6,9H2,1H3,(H,16,17,18). The summed E-state index contributed by atoms with van der Waals surface area (Å²) in [6.07, 6.45) is 2.13. The number of aryl methyl sites for hydroxylation is 1. The number of aromatic nitrogens is 2. The Morgan fingerprint density at radius 3 is 2.90 bits per heavy atom. The lowest BCUT2D eigenvalue weighted by Crippen LogP contribution is -2.20. The Hall–Kier alpha value is -2.43. The van der Waals surface area contributed by atoms with E-state index in [1.54, 1.807) is 0 Å². The molecule has 102 valence electrons. The van der Waals surface area contributed by atoms with Crippen molar-refractivity contribution in [3.63, 3.8) is 0 Å². The second-order valence-electron chi connectivity index (χ2n) is 4.97. The summed E-state index contributed by atoms with van der Waals surface area (Å²) in [7, 11) is 0. The quantitative estimate of drug-likeness (QED) is 0.925. The monoisotopic (exact) mass is 268 g/mol. The molecule has 1 aromatic carbocycles. The van der Waals surface area contributed by atoms with Crippen LogP contribution in [0.25, 0.3) is 0 Å². The predicted molar refractivity (Wildman–Crippen MR) is 78.3 cm³/mol. The van der Waals surface area contributed by atoms with Crippen LogP contribution >= 0.6 is 0 Å². The third kappa shape index (κ3) is 2.77. The molecule has 1 fully saturated rings. The van der Waals surface area contributed by atoms with Gasteiger partial charge in [-0.15, -0.1) is 0 Å². The van der Waals surface area contributed by atoms with Gasteiger partial charge in [-0.25, -0.2) is 9.97 Å². The first-order chi connectivity index (χ1) is 9.70. The van der Waals surface area contributed by atoms with Crippen molar-refractivity contribution >= 4 is 23.1 Å². The van der Waals surface area contributed by atoms with Crippen LogP contribution in [0.2, 0.25) is 0 Å². The summed E-state index contributed by atoms with van der Waals surface area (Å²) < 4.78 is 0. The lowest BCUT2D eigenvalue weighted by atomic mass is 10.2. The van der Waals surface area contributed by atoms with Crippen molar-refractivity contribution in [3.05, 3.63) is 42.2 Å². The lowest BCUT2D eigenvalue weighted by molar-refractivity contribution is -0.116. The largest absolute Gasteiger partial charge is 0.349 e. The zero-order chi connectivity index (χ0) is 13.9. The Morgan fingerprint density at radius 2 is 2.15 bits per heavy atom. The van der Waals surface area contributed by atoms with Crippen molar-refractivity contribution in [1.29, 1.82) is 0 Å². The van der Waals surface area contributed by atoms with Crippen LogP contribution < -0.4 is 10.2 Å². The molecule has 1 aliphatic heterocycles. The molecule has 0 unspecified atom stereocenters. The predicted octanol–water partition coefficient (Wildman–Crippen LogP) is 2.31. The molecule has 0 saturated carbocycles. The third-order valence-corrected chi connectivity index (χ3v) is 3.29. The fraction of sp³-hybridized carbons (Fsp3) is 0.267. The maximum atomic E-state index is 11.3. The minimum absolute atomic E-state index is 0.261. The van der Waals surface area contributed by atoms with Crippen molar-refractivity contribution < 1.29 is 4.79 Å². The van der Waals surface area contributed by atoms with E-state index in [9.17, 15) is 4.79 Å². The van der Waals surface area contributed by atoms with Gasteiger partial charge in [0.25, 0.3) is 0 Å². The summed E-state index contributed by atoms with van der Waals surface area (Å²) in [6, 6.07) is 9.97. The van der Waals surface area contributed by atoms with Crippen LogP contribution in [0, 0.1) is 6.92 Å². The summed E-state index contributed by atoms with van der Waals surface area (Å²) in [6.45, 7) is 3.23. The summed E-state index contributed by atoms with van der Waals surface area (Å²) in [5.41, 5.74) is 2.18. The zero-order valence-corrected chi connectivity index (χ0v) is 11.3. The minimum atomic E-state index is 0.261. The van der Waals surface area contributed by atoms with Crippen LogP contribution in [-0.4, -0.2) is 28.8 Å². The Morgan fingerprint density at radius 1 is 1.25 bits per heavy atom. The Bertz CT molecular complexity index is 641. The summed E-state index contributed by atoms with van der Waals surface area (Å²) in [5, 5.41) is 3.26. The van der Waals surface area contributed by atoms with Gasteiger partial charge < -0.3 is 10.2 Å². The second kappa shape index (κ2) is 5.28. The Kier molecular flexibility index (Phi) is 3.33. The molecule has 0 spiro atoms. The van der Waals surface area contributed by atoms with Gasteiger partial charge in [0.15, 0.2) is 5.78 Å². The van der Waals surface area contributed by atoms with Crippen LogP contribution in [-0.2, 0) is 4.79 Å². The van der Waals surface area contributed by atoms with Gasteiger partial charge >= 0.3 is 0 Å². The number of hydrogen-bond donors (Lipinski definition) is 1. The fourth-order valence-electron chi connectivity index (χ4n) is 2.29. The fourth-order valence-corrected chi connectivity index (χ4v) is 2.29. The molecule has 0 bridgehead atoms. The molecule has 5 heteroatoms. The highest BCUT2D eigenvalue weighted by atomic mass is 16.1. The molecule has 1 aliphatic rings. The molecule has 3 rings (SSSR count). The van der Waals surface area contributed by atoms with Crippen molar-refractivity contribution in [3.8, 4) is 0 Å². The molecular weight excluding hydrogens is 252 g/mol. The number of carbonyl (C=O) groups excluding carboxylic acids is 1. The zero-order valence-electron chi connectivity index (χ0n) is 11.3. The smallest absolute Gasteiger partial charge is 0.153 e. The number of ketones is 1. The van der Waals surface area contributed by atoms with Gasteiger partial charge in [-0.2, -0.15) is 0 Å². The summed E-state index contributed by atoms with van der Waals surface area (Å²) in [4.78, 5) is 21.8. The van der Waals surface area contributed by atoms with Gasteiger partial charge in [0.2, 0.25) is 0 Å². The summed E-state index contributed by atoms with van der Waals surface area (Å²) >= 11 is 0. The third-order valence-electron chi connectivity index (χ3n) is 3.29. The number of rotatable bonds is 3. The van der Waals surface area contributed by atoms with Gasteiger partial charge in [-0.05, 0) is 24.6 Å². The van der Waals surface area contributed by atoms with Gasteiger partial charge in [0.1, 0.15) is 18.0 Å². The first-order valence-corrected chi connectivity index (χ1v) is 6.63. The van der Waals surface area contributed by atoms with Gasteiger partial charge in [0.05, 0.1) is 6.54 Å². The van der Waals surface area contributed by atoms with E-state index in [2.05, 4.69) is 21.4 Å². The average molecular weight is 268 g/mol. The highest BCUT2D eigenvalue weighted by molar-refractivity contribution is 5.86. The molecule has 1 N–H and O–H groups in total. The van der Waals surface area contributed by atoms with Crippen LogP contribution in [0.1, 0.15) is 12.0 Å². The van der Waals surface area contributed by atoms with Gasteiger partial charge in [-0.1, -0.05) is 12.1 Å². The van der Waals surface area contributed by atoms with E-state index in [1.165, 1.54) is 11.9 Å². The summed E-state index contributed by atoms with van der Waals surface area (Å²) in [5.74, 6) is 1.79. The number of nitrogens with zero attached hydrogens (tertiary/aromatic N) is 3. The number of hydrogen-bond acceptors (Lipinski definition) is 5. The number of anilines is 3. The molecule has 5 nitrogen and oxygen atoms in total. The molecule has 0 amide bonds. The van der Waals surface area contributed by atoms with E-state index < -0.39 is 0 Å². The number of benzene rings is 1. The van der Waals surface area contributed by atoms with E-state index in [0.717, 1.165) is 23.9 Å². The Labute approximate surface area is 117 Å². The lowest BCUT2D eigenvalue weighted by Gasteiger charge is -2.16. The highest BCUT2D eigenvalue weighted by Crippen LogP contribution is 2.21. The normalized spacial score (nSPS) is 14.7. The molecule has 1 aromatic heterocycles. The maximum absolute atomic E-state index is 11.3. The van der Waals surface area contributed by atoms with Crippen molar-refractivity contribution in [1.82, 2.24) is 9.97 Å². The van der Waals surface area contributed by atoms with Gasteiger partial charge in [0, 0.05) is 24.7 Å². The van der Waals surface area contributed by atoms with Crippen molar-refractivity contribution in [2.24, 2.45) is 0 Å².